The van der Waals surface area contributed by atoms with Gasteiger partial charge in [0.1, 0.15) is 6.04 Å². The molecule has 2 aromatic rings. The van der Waals surface area contributed by atoms with Gasteiger partial charge in [-0.2, -0.15) is 0 Å². The number of anilines is 1. The van der Waals surface area contributed by atoms with E-state index in [4.69, 9.17) is 14.7 Å². The van der Waals surface area contributed by atoms with Crippen LogP contribution in [-0.4, -0.2) is 48.1 Å². The molecule has 1 unspecified atom stereocenters. The third-order valence-corrected chi connectivity index (χ3v) is 6.07. The van der Waals surface area contributed by atoms with Crippen LogP contribution in [0.15, 0.2) is 18.2 Å². The molecule has 1 aromatic carbocycles. The Morgan fingerprint density at radius 1 is 1.30 bits per heavy atom. The molecule has 7 heteroatoms. The highest BCUT2D eigenvalue weighted by molar-refractivity contribution is 5.86. The molecule has 1 aromatic heterocycles. The molecule has 0 radical (unpaired) electrons. The number of hydrogen-bond acceptors (Lipinski definition) is 6. The van der Waals surface area contributed by atoms with Crippen LogP contribution in [0, 0.1) is 25.7 Å². The quantitative estimate of drug-likeness (QED) is 0.734. The maximum absolute atomic E-state index is 13.0. The van der Waals surface area contributed by atoms with Crippen molar-refractivity contribution >= 4 is 28.7 Å². The lowest BCUT2D eigenvalue weighted by molar-refractivity contribution is -0.147. The van der Waals surface area contributed by atoms with Crippen LogP contribution >= 0.6 is 0 Å². The zero-order valence-electron chi connectivity index (χ0n) is 18.6. The molecule has 3 rings (SSSR count). The Kier molecular flexibility index (Phi) is 6.90. The summed E-state index contributed by atoms with van der Waals surface area (Å²) in [4.78, 5) is 36.7. The summed E-state index contributed by atoms with van der Waals surface area (Å²) in [5.74, 6) is -0.0459. The van der Waals surface area contributed by atoms with Crippen LogP contribution in [0.2, 0.25) is 0 Å². The molecule has 1 N–H and O–H groups in total. The molecule has 0 spiro atoms. The van der Waals surface area contributed by atoms with E-state index in [1.165, 1.54) is 7.11 Å². The second-order valence-electron chi connectivity index (χ2n) is 8.31. The molecule has 162 valence electrons. The SMILES string of the molecule is CC[C@H](C)[C@H](NC(=O)C1CCCN(c2nc(C)c3ccc(C)cc3n2)C1)C(=O)OC. The Hall–Kier alpha value is -2.70. The van der Waals surface area contributed by atoms with E-state index < -0.39 is 12.0 Å². The number of nitrogens with one attached hydrogen (secondary N) is 1. The van der Waals surface area contributed by atoms with Crippen molar-refractivity contribution in [3.8, 4) is 0 Å². The van der Waals surface area contributed by atoms with Crippen LogP contribution in [-0.2, 0) is 14.3 Å². The summed E-state index contributed by atoms with van der Waals surface area (Å²) in [6.07, 6.45) is 2.43. The summed E-state index contributed by atoms with van der Waals surface area (Å²) in [7, 11) is 1.35. The number of piperidine rings is 1. The minimum absolute atomic E-state index is 0.0100. The van der Waals surface area contributed by atoms with Gasteiger partial charge in [-0.15, -0.1) is 0 Å². The number of benzene rings is 1. The third kappa shape index (κ3) is 4.71. The topological polar surface area (TPSA) is 84.4 Å². The zero-order valence-corrected chi connectivity index (χ0v) is 18.6. The third-order valence-electron chi connectivity index (χ3n) is 6.07. The Balaban J connectivity index is 1.77. The van der Waals surface area contributed by atoms with E-state index >= 15 is 0 Å². The summed E-state index contributed by atoms with van der Waals surface area (Å²) in [6.45, 7) is 9.33. The van der Waals surface area contributed by atoms with Crippen molar-refractivity contribution in [2.75, 3.05) is 25.1 Å². The maximum Gasteiger partial charge on any atom is 0.328 e. The van der Waals surface area contributed by atoms with Gasteiger partial charge in [0, 0.05) is 18.5 Å². The predicted octanol–water partition coefficient (Wildman–Crippen LogP) is 3.17. The van der Waals surface area contributed by atoms with Crippen molar-refractivity contribution in [2.45, 2.75) is 53.0 Å². The van der Waals surface area contributed by atoms with Gasteiger partial charge in [0.05, 0.1) is 24.2 Å². The molecule has 1 aliphatic heterocycles. The molecule has 1 fully saturated rings. The first-order valence-electron chi connectivity index (χ1n) is 10.7. The van der Waals surface area contributed by atoms with Crippen molar-refractivity contribution in [1.29, 1.82) is 0 Å². The van der Waals surface area contributed by atoms with E-state index in [-0.39, 0.29) is 17.7 Å². The Morgan fingerprint density at radius 3 is 2.77 bits per heavy atom. The van der Waals surface area contributed by atoms with Crippen LogP contribution in [0.4, 0.5) is 5.95 Å². The predicted molar refractivity (Wildman–Crippen MR) is 117 cm³/mol. The van der Waals surface area contributed by atoms with E-state index in [9.17, 15) is 9.59 Å². The molecular formula is C23H32N4O3. The number of aromatic nitrogens is 2. The van der Waals surface area contributed by atoms with Gasteiger partial charge < -0.3 is 15.0 Å². The first-order chi connectivity index (χ1) is 14.3. The maximum atomic E-state index is 13.0. The highest BCUT2D eigenvalue weighted by Gasteiger charge is 2.32. The molecule has 1 saturated heterocycles. The van der Waals surface area contributed by atoms with Gasteiger partial charge in [-0.05, 0) is 44.2 Å². The number of amides is 1. The lowest BCUT2D eigenvalue weighted by Crippen LogP contribution is -2.51. The summed E-state index contributed by atoms with van der Waals surface area (Å²) in [6, 6.07) is 5.56. The van der Waals surface area contributed by atoms with E-state index in [2.05, 4.69) is 28.4 Å². The van der Waals surface area contributed by atoms with Crippen LogP contribution in [0.1, 0.15) is 44.4 Å². The minimum atomic E-state index is -0.620. The summed E-state index contributed by atoms with van der Waals surface area (Å²) in [5.41, 5.74) is 3.01. The number of hydrogen-bond donors (Lipinski definition) is 1. The van der Waals surface area contributed by atoms with Crippen LogP contribution in [0.5, 0.6) is 0 Å². The van der Waals surface area contributed by atoms with Crippen molar-refractivity contribution in [3.05, 3.63) is 29.5 Å². The average Bonchev–Trinajstić information content (AvgIpc) is 2.75. The van der Waals surface area contributed by atoms with Crippen molar-refractivity contribution < 1.29 is 14.3 Å². The Bertz CT molecular complexity index is 930. The van der Waals surface area contributed by atoms with Gasteiger partial charge in [0.25, 0.3) is 0 Å². The normalized spacial score (nSPS) is 18.7. The van der Waals surface area contributed by atoms with E-state index in [1.807, 2.05) is 27.7 Å². The molecule has 0 saturated carbocycles. The fourth-order valence-electron chi connectivity index (χ4n) is 3.96. The van der Waals surface area contributed by atoms with Crippen molar-refractivity contribution in [1.82, 2.24) is 15.3 Å². The summed E-state index contributed by atoms with van der Waals surface area (Å²) < 4.78 is 4.89. The highest BCUT2D eigenvalue weighted by Crippen LogP contribution is 2.25. The summed E-state index contributed by atoms with van der Waals surface area (Å²) >= 11 is 0. The van der Waals surface area contributed by atoms with Gasteiger partial charge in [-0.3, -0.25) is 4.79 Å². The molecule has 30 heavy (non-hydrogen) atoms. The van der Waals surface area contributed by atoms with Gasteiger partial charge in [0.15, 0.2) is 0 Å². The van der Waals surface area contributed by atoms with E-state index in [0.717, 1.165) is 48.0 Å². The Labute approximate surface area is 178 Å². The van der Waals surface area contributed by atoms with E-state index in [1.54, 1.807) is 0 Å². The minimum Gasteiger partial charge on any atom is -0.467 e. The van der Waals surface area contributed by atoms with Crippen molar-refractivity contribution in [2.24, 2.45) is 11.8 Å². The number of esters is 1. The van der Waals surface area contributed by atoms with Crippen LogP contribution in [0.25, 0.3) is 10.9 Å². The molecule has 2 heterocycles. The molecule has 0 aliphatic carbocycles. The lowest BCUT2D eigenvalue weighted by Gasteiger charge is -2.33. The average molecular weight is 413 g/mol. The number of fused-ring (bicyclic) bond motifs is 1. The largest absolute Gasteiger partial charge is 0.467 e. The number of carbonyl (C=O) groups is 2. The number of rotatable bonds is 6. The summed E-state index contributed by atoms with van der Waals surface area (Å²) in [5, 5.41) is 3.97. The Morgan fingerprint density at radius 2 is 2.07 bits per heavy atom. The monoisotopic (exact) mass is 412 g/mol. The smallest absolute Gasteiger partial charge is 0.328 e. The standard InChI is InChI=1S/C23H32N4O3/c1-6-15(3)20(22(29)30-5)26-21(28)17-8-7-11-27(13-17)23-24-16(4)18-10-9-14(2)12-19(18)25-23/h9-10,12,15,17,20H,6-8,11,13H2,1-5H3,(H,26,28)/t15-,17?,20-/m0/s1. The molecule has 0 bridgehead atoms. The zero-order chi connectivity index (χ0) is 21.8. The number of nitrogens with zero attached hydrogens (tertiary/aromatic N) is 3. The second kappa shape index (κ2) is 9.41. The fourth-order valence-corrected chi connectivity index (χ4v) is 3.96. The lowest BCUT2D eigenvalue weighted by atomic mass is 9.94. The fraction of sp³-hybridized carbons (Fsp3) is 0.565. The van der Waals surface area contributed by atoms with Crippen molar-refractivity contribution in [3.63, 3.8) is 0 Å². The molecule has 1 amide bonds. The number of ether oxygens (including phenoxy) is 1. The highest BCUT2D eigenvalue weighted by atomic mass is 16.5. The van der Waals surface area contributed by atoms with Crippen LogP contribution < -0.4 is 10.2 Å². The van der Waals surface area contributed by atoms with Gasteiger partial charge >= 0.3 is 5.97 Å². The number of aryl methyl sites for hydroxylation is 2. The van der Waals surface area contributed by atoms with Gasteiger partial charge in [0.2, 0.25) is 11.9 Å². The number of methoxy groups -OCH3 is 1. The molecule has 3 atom stereocenters. The second-order valence-corrected chi connectivity index (χ2v) is 8.31. The number of carbonyl (C=O) groups excluding carboxylic acids is 2. The molecular weight excluding hydrogens is 380 g/mol. The van der Waals surface area contributed by atoms with E-state index in [0.29, 0.717) is 12.5 Å². The molecule has 1 aliphatic rings. The first kappa shape index (κ1) is 22.0. The molecule has 7 nitrogen and oxygen atoms in total. The van der Waals surface area contributed by atoms with Gasteiger partial charge in [-0.25, -0.2) is 14.8 Å². The van der Waals surface area contributed by atoms with Crippen LogP contribution in [0.3, 0.4) is 0 Å². The first-order valence-corrected chi connectivity index (χ1v) is 10.7. The van der Waals surface area contributed by atoms with Gasteiger partial charge in [-0.1, -0.05) is 32.4 Å².